The van der Waals surface area contributed by atoms with E-state index in [2.05, 4.69) is 10.6 Å². The standard InChI is InChI=1S/C17H16N2O3S/c1-2-11-7-9-12(10-8-11)15(20)19-17(23)18-14-6-4-3-5-13(14)16(21)22/h3-10H,2H2,1H3,(H,21,22)(H2,18,19,20,23). The third-order valence-corrected chi connectivity index (χ3v) is 3.46. The van der Waals surface area contributed by atoms with Crippen molar-refractivity contribution in [2.45, 2.75) is 13.3 Å². The van der Waals surface area contributed by atoms with Gasteiger partial charge in [-0.2, -0.15) is 0 Å². The Kier molecular flexibility index (Phi) is 5.43. The molecule has 0 unspecified atom stereocenters. The van der Waals surface area contributed by atoms with Gasteiger partial charge in [0.1, 0.15) is 0 Å². The number of benzene rings is 2. The molecule has 6 heteroatoms. The number of rotatable bonds is 4. The van der Waals surface area contributed by atoms with Crippen molar-refractivity contribution in [1.82, 2.24) is 5.32 Å². The molecule has 0 aliphatic heterocycles. The number of carboxylic acids is 1. The van der Waals surface area contributed by atoms with Gasteiger partial charge in [-0.1, -0.05) is 31.2 Å². The van der Waals surface area contributed by atoms with Crippen LogP contribution in [0, 0.1) is 0 Å². The molecule has 0 fully saturated rings. The molecular weight excluding hydrogens is 312 g/mol. The van der Waals surface area contributed by atoms with Gasteiger partial charge in [-0.15, -0.1) is 0 Å². The lowest BCUT2D eigenvalue weighted by atomic mass is 10.1. The number of para-hydroxylation sites is 1. The summed E-state index contributed by atoms with van der Waals surface area (Å²) in [5.41, 5.74) is 2.03. The summed E-state index contributed by atoms with van der Waals surface area (Å²) < 4.78 is 0. The molecule has 118 valence electrons. The molecule has 23 heavy (non-hydrogen) atoms. The van der Waals surface area contributed by atoms with Crippen LogP contribution in [0.3, 0.4) is 0 Å². The first-order valence-electron chi connectivity index (χ1n) is 7.05. The zero-order valence-electron chi connectivity index (χ0n) is 12.5. The molecule has 0 bridgehead atoms. The van der Waals surface area contributed by atoms with E-state index in [0.717, 1.165) is 12.0 Å². The van der Waals surface area contributed by atoms with Crippen molar-refractivity contribution in [3.05, 3.63) is 65.2 Å². The van der Waals surface area contributed by atoms with Crippen LogP contribution < -0.4 is 10.6 Å². The van der Waals surface area contributed by atoms with Crippen LogP contribution in [-0.2, 0) is 6.42 Å². The van der Waals surface area contributed by atoms with Crippen LogP contribution >= 0.6 is 12.2 Å². The van der Waals surface area contributed by atoms with Gasteiger partial charge in [0.15, 0.2) is 5.11 Å². The fourth-order valence-corrected chi connectivity index (χ4v) is 2.20. The second-order valence-electron chi connectivity index (χ2n) is 4.81. The van der Waals surface area contributed by atoms with Crippen LogP contribution in [0.2, 0.25) is 0 Å². The van der Waals surface area contributed by atoms with Gasteiger partial charge in [-0.3, -0.25) is 10.1 Å². The second-order valence-corrected chi connectivity index (χ2v) is 5.22. The number of anilines is 1. The first-order chi connectivity index (χ1) is 11.0. The number of hydrogen-bond donors (Lipinski definition) is 3. The van der Waals surface area contributed by atoms with Gasteiger partial charge in [0.05, 0.1) is 11.3 Å². The molecule has 0 aliphatic carbocycles. The van der Waals surface area contributed by atoms with Crippen molar-refractivity contribution in [2.75, 3.05) is 5.32 Å². The molecule has 1 amide bonds. The number of aryl methyl sites for hydroxylation is 1. The maximum Gasteiger partial charge on any atom is 0.337 e. The highest BCUT2D eigenvalue weighted by atomic mass is 32.1. The summed E-state index contributed by atoms with van der Waals surface area (Å²) in [6.07, 6.45) is 0.897. The van der Waals surface area contributed by atoms with Gasteiger partial charge in [0.2, 0.25) is 0 Å². The number of hydrogen-bond acceptors (Lipinski definition) is 3. The van der Waals surface area contributed by atoms with Crippen LogP contribution in [-0.4, -0.2) is 22.1 Å². The Balaban J connectivity index is 2.04. The quantitative estimate of drug-likeness (QED) is 0.752. The van der Waals surface area contributed by atoms with Gasteiger partial charge in [-0.25, -0.2) is 4.79 Å². The fourth-order valence-electron chi connectivity index (χ4n) is 2.00. The molecule has 2 aromatic rings. The normalized spacial score (nSPS) is 9.96. The summed E-state index contributed by atoms with van der Waals surface area (Å²) in [5.74, 6) is -1.42. The van der Waals surface area contributed by atoms with E-state index in [-0.39, 0.29) is 16.6 Å². The lowest BCUT2D eigenvalue weighted by molar-refractivity contribution is 0.0698. The van der Waals surface area contributed by atoms with Crippen molar-refractivity contribution in [3.63, 3.8) is 0 Å². The van der Waals surface area contributed by atoms with Crippen LogP contribution in [0.5, 0.6) is 0 Å². The molecule has 0 radical (unpaired) electrons. The molecule has 0 aromatic heterocycles. The Morgan fingerprint density at radius 3 is 2.35 bits per heavy atom. The Bertz CT molecular complexity index is 742. The van der Waals surface area contributed by atoms with Gasteiger partial charge >= 0.3 is 5.97 Å². The molecule has 0 spiro atoms. The number of carbonyl (C=O) groups excluding carboxylic acids is 1. The van der Waals surface area contributed by atoms with E-state index >= 15 is 0 Å². The molecule has 2 rings (SSSR count). The minimum atomic E-state index is -1.07. The summed E-state index contributed by atoms with van der Waals surface area (Å²) in [6.45, 7) is 2.04. The van der Waals surface area contributed by atoms with E-state index in [9.17, 15) is 9.59 Å². The number of carbonyl (C=O) groups is 2. The lowest BCUT2D eigenvalue weighted by Crippen LogP contribution is -2.34. The number of nitrogens with one attached hydrogen (secondary N) is 2. The van der Waals surface area contributed by atoms with Crippen molar-refractivity contribution < 1.29 is 14.7 Å². The highest BCUT2D eigenvalue weighted by Crippen LogP contribution is 2.14. The van der Waals surface area contributed by atoms with Crippen LogP contribution in [0.1, 0.15) is 33.2 Å². The molecule has 3 N–H and O–H groups in total. The smallest absolute Gasteiger partial charge is 0.337 e. The molecular formula is C17H16N2O3S. The van der Waals surface area contributed by atoms with Gasteiger partial charge in [0.25, 0.3) is 5.91 Å². The number of aromatic carboxylic acids is 1. The van der Waals surface area contributed by atoms with Gasteiger partial charge < -0.3 is 10.4 Å². The van der Waals surface area contributed by atoms with Crippen molar-refractivity contribution in [2.24, 2.45) is 0 Å². The summed E-state index contributed by atoms with van der Waals surface area (Å²) >= 11 is 5.07. The third kappa shape index (κ3) is 4.37. The van der Waals surface area contributed by atoms with Crippen LogP contribution in [0.4, 0.5) is 5.69 Å². The third-order valence-electron chi connectivity index (χ3n) is 3.26. The predicted molar refractivity (Wildman–Crippen MR) is 92.9 cm³/mol. The van der Waals surface area contributed by atoms with E-state index in [1.54, 1.807) is 30.3 Å². The Hall–Kier alpha value is -2.73. The van der Waals surface area contributed by atoms with Crippen molar-refractivity contribution in [3.8, 4) is 0 Å². The first-order valence-corrected chi connectivity index (χ1v) is 7.45. The van der Waals surface area contributed by atoms with E-state index < -0.39 is 5.97 Å². The van der Waals surface area contributed by atoms with Crippen LogP contribution in [0.25, 0.3) is 0 Å². The predicted octanol–water partition coefficient (Wildman–Crippen LogP) is 3.07. The van der Waals surface area contributed by atoms with Crippen molar-refractivity contribution >= 4 is 34.9 Å². The van der Waals surface area contributed by atoms with Gasteiger partial charge in [0, 0.05) is 5.56 Å². The molecule has 0 aliphatic rings. The summed E-state index contributed by atoms with van der Waals surface area (Å²) in [7, 11) is 0. The summed E-state index contributed by atoms with van der Waals surface area (Å²) in [4.78, 5) is 23.2. The topological polar surface area (TPSA) is 78.4 Å². The van der Waals surface area contributed by atoms with E-state index in [1.165, 1.54) is 6.07 Å². The number of thiocarbonyl (C=S) groups is 1. The summed E-state index contributed by atoms with van der Waals surface area (Å²) in [5, 5.41) is 14.4. The van der Waals surface area contributed by atoms with E-state index in [0.29, 0.717) is 11.3 Å². The first kappa shape index (κ1) is 16.6. The highest BCUT2D eigenvalue weighted by molar-refractivity contribution is 7.80. The number of carboxylic acid groups (broad SMARTS) is 1. The Morgan fingerprint density at radius 2 is 1.74 bits per heavy atom. The second kappa shape index (κ2) is 7.51. The average molecular weight is 328 g/mol. The lowest BCUT2D eigenvalue weighted by Gasteiger charge is -2.11. The average Bonchev–Trinajstić information content (AvgIpc) is 2.55. The highest BCUT2D eigenvalue weighted by Gasteiger charge is 2.12. The molecule has 0 saturated heterocycles. The zero-order valence-corrected chi connectivity index (χ0v) is 13.3. The number of amides is 1. The Labute approximate surface area is 139 Å². The molecule has 5 nitrogen and oxygen atoms in total. The van der Waals surface area contributed by atoms with Gasteiger partial charge in [-0.05, 0) is 48.5 Å². The maximum atomic E-state index is 12.1. The SMILES string of the molecule is CCc1ccc(C(=O)NC(=S)Nc2ccccc2C(=O)O)cc1. The molecule has 0 saturated carbocycles. The molecule has 0 atom stereocenters. The van der Waals surface area contributed by atoms with Crippen molar-refractivity contribution in [1.29, 1.82) is 0 Å². The van der Waals surface area contributed by atoms with E-state index in [1.807, 2.05) is 19.1 Å². The molecule has 0 heterocycles. The van der Waals surface area contributed by atoms with E-state index in [4.69, 9.17) is 17.3 Å². The minimum Gasteiger partial charge on any atom is -0.478 e. The molecule has 2 aromatic carbocycles. The minimum absolute atomic E-state index is 0.0447. The zero-order chi connectivity index (χ0) is 16.8. The largest absolute Gasteiger partial charge is 0.478 e. The summed E-state index contributed by atoms with van der Waals surface area (Å²) in [6, 6.07) is 13.5. The fraction of sp³-hybridized carbons (Fsp3) is 0.118. The van der Waals surface area contributed by atoms with Crippen LogP contribution in [0.15, 0.2) is 48.5 Å². The Morgan fingerprint density at radius 1 is 1.09 bits per heavy atom. The monoisotopic (exact) mass is 328 g/mol. The maximum absolute atomic E-state index is 12.1.